The molecule has 4 rings (SSSR count). The minimum atomic E-state index is -1.02. The lowest BCUT2D eigenvalue weighted by Crippen LogP contribution is -2.46. The number of carbonyl (C=O) groups excluding carboxylic acids is 1. The Morgan fingerprint density at radius 3 is 2.29 bits per heavy atom. The SMILES string of the molecule is CC1CCC(C(=O)N(c2cc(-c3ccccc3)sc2C(=O)O)C2CCC(F)CC2)CC1.[HH]. The van der Waals surface area contributed by atoms with Crippen LogP contribution in [0, 0.1) is 11.8 Å². The van der Waals surface area contributed by atoms with Crippen LogP contribution in [-0.4, -0.2) is 29.2 Å². The Hall–Kier alpha value is -2.21. The Morgan fingerprint density at radius 1 is 1.03 bits per heavy atom. The number of hydrogen-bond donors (Lipinski definition) is 1. The lowest BCUT2D eigenvalue weighted by molar-refractivity contribution is -0.124. The summed E-state index contributed by atoms with van der Waals surface area (Å²) in [6, 6.07) is 11.4. The molecule has 1 heterocycles. The van der Waals surface area contributed by atoms with Gasteiger partial charge in [-0.25, -0.2) is 9.18 Å². The van der Waals surface area contributed by atoms with E-state index in [0.717, 1.165) is 36.1 Å². The molecule has 0 radical (unpaired) electrons. The monoisotopic (exact) mass is 445 g/mol. The van der Waals surface area contributed by atoms with Gasteiger partial charge in [0.15, 0.2) is 0 Å². The smallest absolute Gasteiger partial charge is 0.348 e. The van der Waals surface area contributed by atoms with Crippen LogP contribution in [0.2, 0.25) is 0 Å². The lowest BCUT2D eigenvalue weighted by atomic mass is 9.81. The molecule has 6 heteroatoms. The highest BCUT2D eigenvalue weighted by molar-refractivity contribution is 7.18. The normalized spacial score (nSPS) is 26.4. The van der Waals surface area contributed by atoms with E-state index in [4.69, 9.17) is 0 Å². The molecule has 0 aliphatic heterocycles. The number of amides is 1. The number of hydrogen-bond acceptors (Lipinski definition) is 3. The third-order valence-electron chi connectivity index (χ3n) is 6.82. The first-order valence-electron chi connectivity index (χ1n) is 11.3. The summed E-state index contributed by atoms with van der Waals surface area (Å²) in [6.45, 7) is 2.22. The average Bonchev–Trinajstić information content (AvgIpc) is 3.22. The van der Waals surface area contributed by atoms with Crippen molar-refractivity contribution in [3.05, 3.63) is 41.3 Å². The Labute approximate surface area is 188 Å². The van der Waals surface area contributed by atoms with E-state index in [1.54, 1.807) is 4.90 Å². The summed E-state index contributed by atoms with van der Waals surface area (Å²) in [7, 11) is 0. The van der Waals surface area contributed by atoms with E-state index in [2.05, 4.69) is 6.92 Å². The van der Waals surface area contributed by atoms with E-state index in [1.807, 2.05) is 36.4 Å². The highest BCUT2D eigenvalue weighted by Gasteiger charge is 2.37. The van der Waals surface area contributed by atoms with E-state index in [1.165, 1.54) is 11.3 Å². The number of carboxylic acids is 1. The van der Waals surface area contributed by atoms with Gasteiger partial charge in [0, 0.05) is 18.3 Å². The number of halogens is 1. The summed E-state index contributed by atoms with van der Waals surface area (Å²) in [5, 5.41) is 9.95. The van der Waals surface area contributed by atoms with Crippen molar-refractivity contribution in [2.24, 2.45) is 11.8 Å². The first kappa shape index (κ1) is 22.0. The first-order chi connectivity index (χ1) is 14.9. The lowest BCUT2D eigenvalue weighted by Gasteiger charge is -2.38. The second-order valence-electron chi connectivity index (χ2n) is 9.07. The summed E-state index contributed by atoms with van der Waals surface area (Å²) in [5.74, 6) is -0.452. The van der Waals surface area contributed by atoms with Crippen molar-refractivity contribution in [1.82, 2.24) is 0 Å². The second kappa shape index (κ2) is 9.51. The topological polar surface area (TPSA) is 57.6 Å². The molecular weight excluding hydrogens is 413 g/mol. The van der Waals surface area contributed by atoms with Crippen LogP contribution in [0.1, 0.15) is 69.4 Å². The minimum absolute atomic E-state index is 0. The van der Waals surface area contributed by atoms with Crippen LogP contribution in [0.3, 0.4) is 0 Å². The third kappa shape index (κ3) is 4.84. The number of nitrogens with zero attached hydrogens (tertiary/aromatic N) is 1. The van der Waals surface area contributed by atoms with E-state index < -0.39 is 12.1 Å². The number of thiophene rings is 1. The molecule has 0 spiro atoms. The zero-order valence-corrected chi connectivity index (χ0v) is 18.7. The highest BCUT2D eigenvalue weighted by Crippen LogP contribution is 2.41. The number of aromatic carboxylic acids is 1. The summed E-state index contributed by atoms with van der Waals surface area (Å²) >= 11 is 1.21. The van der Waals surface area contributed by atoms with Crippen LogP contribution >= 0.6 is 11.3 Å². The summed E-state index contributed by atoms with van der Waals surface area (Å²) in [4.78, 5) is 28.7. The van der Waals surface area contributed by atoms with Gasteiger partial charge in [0.1, 0.15) is 11.0 Å². The van der Waals surface area contributed by atoms with Crippen LogP contribution in [-0.2, 0) is 4.79 Å². The standard InChI is InChI=1S/C25H30FNO3S.H2/c1-16-7-9-18(10-8-16)24(28)27(20-13-11-19(26)12-14-20)21-15-22(31-23(21)25(29)30)17-5-3-2-4-6-17;/h2-6,15-16,18-20H,7-14H2,1H3,(H,29,30);1H. The molecule has 1 aromatic carbocycles. The van der Waals surface area contributed by atoms with Gasteiger partial charge in [0.25, 0.3) is 0 Å². The van der Waals surface area contributed by atoms with Gasteiger partial charge in [-0.2, -0.15) is 0 Å². The Morgan fingerprint density at radius 2 is 1.68 bits per heavy atom. The molecule has 2 fully saturated rings. The van der Waals surface area contributed by atoms with Gasteiger partial charge in [-0.05, 0) is 68.9 Å². The predicted molar refractivity (Wildman–Crippen MR) is 125 cm³/mol. The molecule has 1 aromatic heterocycles. The van der Waals surface area contributed by atoms with Gasteiger partial charge in [-0.15, -0.1) is 11.3 Å². The summed E-state index contributed by atoms with van der Waals surface area (Å²) < 4.78 is 13.9. The van der Waals surface area contributed by atoms with Gasteiger partial charge in [0.2, 0.25) is 5.91 Å². The maximum atomic E-state index is 13.9. The van der Waals surface area contributed by atoms with E-state index in [0.29, 0.717) is 37.3 Å². The molecule has 2 aliphatic carbocycles. The molecule has 2 saturated carbocycles. The number of carbonyl (C=O) groups is 2. The Balaban J connectivity index is 0.00000289. The predicted octanol–water partition coefficient (Wildman–Crippen LogP) is 6.80. The Kier molecular flexibility index (Phi) is 6.75. The zero-order valence-electron chi connectivity index (χ0n) is 17.9. The van der Waals surface area contributed by atoms with Crippen LogP contribution in [0.25, 0.3) is 10.4 Å². The fourth-order valence-corrected chi connectivity index (χ4v) is 5.94. The van der Waals surface area contributed by atoms with Crippen molar-refractivity contribution in [2.75, 3.05) is 4.90 Å². The van der Waals surface area contributed by atoms with Crippen molar-refractivity contribution in [1.29, 1.82) is 0 Å². The molecule has 1 N–H and O–H groups in total. The Bertz CT molecular complexity index is 919. The number of rotatable bonds is 5. The quantitative estimate of drug-likeness (QED) is 0.551. The average molecular weight is 446 g/mol. The van der Waals surface area contributed by atoms with Crippen molar-refractivity contribution < 1.29 is 20.5 Å². The number of benzene rings is 1. The second-order valence-corrected chi connectivity index (χ2v) is 10.1. The summed E-state index contributed by atoms with van der Waals surface area (Å²) in [5.41, 5.74) is 1.43. The molecule has 0 bridgehead atoms. The molecular formula is C25H32FNO3S. The first-order valence-corrected chi connectivity index (χ1v) is 12.2. The maximum Gasteiger partial charge on any atom is 0.348 e. The molecule has 2 aliphatic rings. The molecule has 31 heavy (non-hydrogen) atoms. The maximum absolute atomic E-state index is 13.9. The molecule has 4 nitrogen and oxygen atoms in total. The molecule has 2 aromatic rings. The van der Waals surface area contributed by atoms with Crippen molar-refractivity contribution in [3.8, 4) is 10.4 Å². The summed E-state index contributed by atoms with van der Waals surface area (Å²) in [6.07, 6.45) is 4.89. The number of carboxylic acid groups (broad SMARTS) is 1. The van der Waals surface area contributed by atoms with Gasteiger partial charge >= 0.3 is 5.97 Å². The molecule has 1 amide bonds. The molecule has 0 unspecified atom stereocenters. The van der Waals surface area contributed by atoms with E-state index >= 15 is 0 Å². The van der Waals surface area contributed by atoms with Gasteiger partial charge in [-0.1, -0.05) is 37.3 Å². The van der Waals surface area contributed by atoms with Gasteiger partial charge in [0.05, 0.1) is 5.69 Å². The van der Waals surface area contributed by atoms with Crippen LogP contribution in [0.5, 0.6) is 0 Å². The van der Waals surface area contributed by atoms with Crippen molar-refractivity contribution in [3.63, 3.8) is 0 Å². The number of alkyl halides is 1. The number of anilines is 1. The van der Waals surface area contributed by atoms with E-state index in [9.17, 15) is 19.1 Å². The van der Waals surface area contributed by atoms with Crippen LogP contribution < -0.4 is 4.90 Å². The van der Waals surface area contributed by atoms with E-state index in [-0.39, 0.29) is 24.2 Å². The molecule has 0 saturated heterocycles. The molecule has 0 atom stereocenters. The third-order valence-corrected chi connectivity index (χ3v) is 7.98. The van der Waals surface area contributed by atoms with Crippen molar-refractivity contribution in [2.45, 2.75) is 70.5 Å². The van der Waals surface area contributed by atoms with Crippen LogP contribution in [0.4, 0.5) is 10.1 Å². The zero-order chi connectivity index (χ0) is 22.0. The van der Waals surface area contributed by atoms with Gasteiger partial charge in [-0.3, -0.25) is 4.79 Å². The molecule has 168 valence electrons. The fraction of sp³-hybridized carbons (Fsp3) is 0.520. The van der Waals surface area contributed by atoms with Crippen LogP contribution in [0.15, 0.2) is 36.4 Å². The van der Waals surface area contributed by atoms with Crippen molar-refractivity contribution >= 4 is 28.9 Å². The fourth-order valence-electron chi connectivity index (χ4n) is 4.95. The largest absolute Gasteiger partial charge is 0.477 e. The van der Waals surface area contributed by atoms with Gasteiger partial charge < -0.3 is 10.0 Å². The highest BCUT2D eigenvalue weighted by atomic mass is 32.1. The minimum Gasteiger partial charge on any atom is -0.477 e.